The number of hydrogen-bond donors (Lipinski definition) is 0. The van der Waals surface area contributed by atoms with E-state index in [0.717, 1.165) is 0 Å². The third-order valence-electron chi connectivity index (χ3n) is 3.37. The van der Waals surface area contributed by atoms with Gasteiger partial charge in [0.15, 0.2) is 22.5 Å². The molecule has 0 radical (unpaired) electrons. The van der Waals surface area contributed by atoms with Gasteiger partial charge in [-0.1, -0.05) is 11.8 Å². The number of benzene rings is 1. The Kier molecular flexibility index (Phi) is 5.09. The molecule has 1 aromatic carbocycles. The number of thioether (sulfide) groups is 1. The molecule has 2 aromatic rings. The molecule has 1 aromatic heterocycles. The second-order valence-corrected chi connectivity index (χ2v) is 5.75. The molecule has 9 heteroatoms. The fraction of sp³-hybridized carbons (Fsp3) is 0.400. The maximum Gasteiger partial charge on any atom is 0.316 e. The fourth-order valence-electron chi connectivity index (χ4n) is 2.15. The molecule has 24 heavy (non-hydrogen) atoms. The number of fused-ring (bicyclic) bond motifs is 1. The van der Waals surface area contributed by atoms with E-state index in [4.69, 9.17) is 14.2 Å². The van der Waals surface area contributed by atoms with E-state index in [1.54, 1.807) is 12.1 Å². The summed E-state index contributed by atoms with van der Waals surface area (Å²) >= 11 is 1.29. The fourth-order valence-corrected chi connectivity index (χ4v) is 3.00. The monoisotopic (exact) mass is 351 g/mol. The number of carbonyl (C=O) groups is 1. The van der Waals surface area contributed by atoms with Crippen molar-refractivity contribution < 1.29 is 23.7 Å². The van der Waals surface area contributed by atoms with Crippen molar-refractivity contribution in [3.8, 4) is 17.2 Å². The molecule has 0 fully saturated rings. The Morgan fingerprint density at radius 1 is 1.33 bits per heavy atom. The van der Waals surface area contributed by atoms with Gasteiger partial charge in [0, 0.05) is 12.6 Å². The van der Waals surface area contributed by atoms with Crippen LogP contribution in [0.4, 0.5) is 0 Å². The Bertz CT molecular complexity index is 734. The van der Waals surface area contributed by atoms with Gasteiger partial charge in [0.2, 0.25) is 6.79 Å². The molecule has 2 heterocycles. The van der Waals surface area contributed by atoms with Crippen molar-refractivity contribution in [1.82, 2.24) is 14.8 Å². The lowest BCUT2D eigenvalue weighted by Gasteiger charge is -2.09. The van der Waals surface area contributed by atoms with Crippen LogP contribution in [0.25, 0.3) is 0 Å². The third kappa shape index (κ3) is 3.56. The van der Waals surface area contributed by atoms with Gasteiger partial charge in [-0.15, -0.1) is 10.2 Å². The van der Waals surface area contributed by atoms with Crippen molar-refractivity contribution in [2.24, 2.45) is 0 Å². The molecule has 0 saturated carbocycles. The second-order valence-electron chi connectivity index (χ2n) is 4.81. The topological polar surface area (TPSA) is 84.7 Å². The Hall–Kier alpha value is -2.42. The molecule has 0 unspecified atom stereocenters. The highest BCUT2D eigenvalue weighted by Gasteiger charge is 2.16. The first-order valence-electron chi connectivity index (χ1n) is 7.35. The SMILES string of the molecule is CCn1c(COc2ccc3c(c2)OCO3)nnc1SCC(=O)OC. The lowest BCUT2D eigenvalue weighted by Crippen LogP contribution is -2.08. The highest BCUT2D eigenvalue weighted by atomic mass is 32.2. The molecule has 0 spiro atoms. The summed E-state index contributed by atoms with van der Waals surface area (Å²) in [4.78, 5) is 11.2. The van der Waals surface area contributed by atoms with Crippen molar-refractivity contribution in [3.63, 3.8) is 0 Å². The van der Waals surface area contributed by atoms with Crippen molar-refractivity contribution in [2.45, 2.75) is 25.2 Å². The van der Waals surface area contributed by atoms with E-state index < -0.39 is 0 Å². The van der Waals surface area contributed by atoms with Gasteiger partial charge in [-0.3, -0.25) is 4.79 Å². The number of ether oxygens (including phenoxy) is 4. The van der Waals surface area contributed by atoms with E-state index in [-0.39, 0.29) is 25.1 Å². The van der Waals surface area contributed by atoms with Gasteiger partial charge in [-0.25, -0.2) is 0 Å². The first-order chi connectivity index (χ1) is 11.7. The van der Waals surface area contributed by atoms with Crippen LogP contribution in [0.5, 0.6) is 17.2 Å². The molecule has 1 aliphatic heterocycles. The predicted octanol–water partition coefficient (Wildman–Crippen LogP) is 1.87. The maximum absolute atomic E-state index is 11.2. The molecule has 0 aliphatic carbocycles. The molecule has 128 valence electrons. The number of methoxy groups -OCH3 is 1. The molecular formula is C15H17N3O5S. The number of esters is 1. The van der Waals surface area contributed by atoms with Crippen molar-refractivity contribution in [3.05, 3.63) is 24.0 Å². The van der Waals surface area contributed by atoms with Crippen molar-refractivity contribution in [2.75, 3.05) is 19.7 Å². The Morgan fingerprint density at radius 3 is 2.96 bits per heavy atom. The molecule has 0 atom stereocenters. The molecule has 1 aliphatic rings. The summed E-state index contributed by atoms with van der Waals surface area (Å²) < 4.78 is 22.9. The average Bonchev–Trinajstić information content (AvgIpc) is 3.23. The Balaban J connectivity index is 1.64. The number of aromatic nitrogens is 3. The number of hydrogen-bond acceptors (Lipinski definition) is 8. The van der Waals surface area contributed by atoms with E-state index in [1.165, 1.54) is 18.9 Å². The smallest absolute Gasteiger partial charge is 0.316 e. The summed E-state index contributed by atoms with van der Waals surface area (Å²) in [6.07, 6.45) is 0. The zero-order valence-electron chi connectivity index (χ0n) is 13.4. The lowest BCUT2D eigenvalue weighted by atomic mass is 10.3. The quantitative estimate of drug-likeness (QED) is 0.552. The van der Waals surface area contributed by atoms with Gasteiger partial charge in [-0.05, 0) is 19.1 Å². The summed E-state index contributed by atoms with van der Waals surface area (Å²) in [5.74, 6) is 2.61. The lowest BCUT2D eigenvalue weighted by molar-refractivity contribution is -0.137. The van der Waals surface area contributed by atoms with Crippen molar-refractivity contribution >= 4 is 17.7 Å². The normalized spacial score (nSPS) is 12.2. The van der Waals surface area contributed by atoms with Crippen LogP contribution in [0.15, 0.2) is 23.4 Å². The minimum absolute atomic E-state index is 0.192. The van der Waals surface area contributed by atoms with Crippen LogP contribution in [0.3, 0.4) is 0 Å². The zero-order valence-corrected chi connectivity index (χ0v) is 14.2. The van der Waals surface area contributed by atoms with Crippen LogP contribution >= 0.6 is 11.8 Å². The largest absolute Gasteiger partial charge is 0.485 e. The first kappa shape index (κ1) is 16.4. The molecule has 0 N–H and O–H groups in total. The molecule has 0 saturated heterocycles. The van der Waals surface area contributed by atoms with Gasteiger partial charge < -0.3 is 23.5 Å². The summed E-state index contributed by atoms with van der Waals surface area (Å²) in [6, 6.07) is 5.40. The number of rotatable bonds is 7. The van der Waals surface area contributed by atoms with Gasteiger partial charge in [-0.2, -0.15) is 0 Å². The van der Waals surface area contributed by atoms with Gasteiger partial charge >= 0.3 is 5.97 Å². The molecule has 8 nitrogen and oxygen atoms in total. The molecule has 3 rings (SSSR count). The van der Waals surface area contributed by atoms with Crippen LogP contribution in [-0.2, 0) is 22.7 Å². The molecule has 0 amide bonds. The van der Waals surface area contributed by atoms with E-state index in [2.05, 4.69) is 14.9 Å². The third-order valence-corrected chi connectivity index (χ3v) is 4.31. The van der Waals surface area contributed by atoms with Crippen LogP contribution in [0.2, 0.25) is 0 Å². The minimum Gasteiger partial charge on any atom is -0.485 e. The average molecular weight is 351 g/mol. The van der Waals surface area contributed by atoms with Crippen LogP contribution in [0.1, 0.15) is 12.7 Å². The summed E-state index contributed by atoms with van der Waals surface area (Å²) in [5.41, 5.74) is 0. The summed E-state index contributed by atoms with van der Waals surface area (Å²) in [5, 5.41) is 8.90. The zero-order chi connectivity index (χ0) is 16.9. The minimum atomic E-state index is -0.302. The van der Waals surface area contributed by atoms with Crippen LogP contribution < -0.4 is 14.2 Å². The van der Waals surface area contributed by atoms with Crippen molar-refractivity contribution in [1.29, 1.82) is 0 Å². The highest BCUT2D eigenvalue weighted by Crippen LogP contribution is 2.35. The summed E-state index contributed by atoms with van der Waals surface area (Å²) in [6.45, 7) is 3.15. The Labute approximate surface area is 143 Å². The Morgan fingerprint density at radius 2 is 2.17 bits per heavy atom. The predicted molar refractivity (Wildman–Crippen MR) is 85.3 cm³/mol. The molecular weight excluding hydrogens is 334 g/mol. The second kappa shape index (κ2) is 7.43. The van der Waals surface area contributed by atoms with Gasteiger partial charge in [0.05, 0.1) is 12.9 Å². The highest BCUT2D eigenvalue weighted by molar-refractivity contribution is 7.99. The maximum atomic E-state index is 11.2. The van der Waals surface area contributed by atoms with E-state index in [0.29, 0.717) is 34.8 Å². The van der Waals surface area contributed by atoms with E-state index in [9.17, 15) is 4.79 Å². The first-order valence-corrected chi connectivity index (χ1v) is 8.34. The van der Waals surface area contributed by atoms with E-state index >= 15 is 0 Å². The number of nitrogens with zero attached hydrogens (tertiary/aromatic N) is 3. The molecule has 0 bridgehead atoms. The van der Waals surface area contributed by atoms with Gasteiger partial charge in [0.25, 0.3) is 0 Å². The van der Waals surface area contributed by atoms with Crippen LogP contribution in [-0.4, -0.2) is 40.4 Å². The van der Waals surface area contributed by atoms with Gasteiger partial charge in [0.1, 0.15) is 12.4 Å². The standard InChI is InChI=1S/C15H17N3O5S/c1-3-18-13(16-17-15(18)24-8-14(19)20-2)7-21-10-4-5-11-12(6-10)23-9-22-11/h4-6H,3,7-9H2,1-2H3. The van der Waals surface area contributed by atoms with E-state index in [1.807, 2.05) is 17.6 Å². The summed E-state index contributed by atoms with van der Waals surface area (Å²) in [7, 11) is 1.36. The number of carbonyl (C=O) groups excluding carboxylic acids is 1. The van der Waals surface area contributed by atoms with Crippen LogP contribution in [0, 0.1) is 0 Å².